The first kappa shape index (κ1) is 30.0. The lowest BCUT2D eigenvalue weighted by molar-refractivity contribution is -2.00. The SMILES string of the molecule is Cc1ccc(S(=O)(=O)NC(C#N)=C[P+](c2ccccc2)(c2ccccc2)c2ccccc2)cc1.[O-][Cl+3]([O-])([O-])[O-]. The summed E-state index contributed by atoms with van der Waals surface area (Å²) in [6.45, 7) is 1.89. The molecule has 8 nitrogen and oxygen atoms in total. The normalized spacial score (nSPS) is 12.1. The van der Waals surface area contributed by atoms with E-state index >= 15 is 0 Å². The summed E-state index contributed by atoms with van der Waals surface area (Å²) < 4.78 is 62.8. The molecule has 0 saturated carbocycles. The summed E-state index contributed by atoms with van der Waals surface area (Å²) in [4.78, 5) is 0.113. The molecule has 0 amide bonds. The van der Waals surface area contributed by atoms with Crippen molar-refractivity contribution in [2.75, 3.05) is 0 Å². The van der Waals surface area contributed by atoms with Gasteiger partial charge in [0.15, 0.2) is 5.70 Å². The standard InChI is InChI=1S/C28H24N2O2PS.ClHO4/c1-23-17-19-28(20-18-23)34(31,32)30-24(21-29)22-33(25-11-5-2-6-12-25,26-13-7-3-8-14-26)27-15-9-4-10-16-27;2-1(3,4)5/h2-20,22,30H,1H3;(H,2,3,4,5)/q+1;/p-1. The van der Waals surface area contributed by atoms with Crippen LogP contribution in [0.25, 0.3) is 0 Å². The second-order valence-corrected chi connectivity index (χ2v) is 13.9. The number of rotatable bonds is 7. The summed E-state index contributed by atoms with van der Waals surface area (Å²) in [6, 6.07) is 38.5. The topological polar surface area (TPSA) is 162 Å². The van der Waals surface area contributed by atoms with Gasteiger partial charge < -0.3 is 0 Å². The molecule has 0 radical (unpaired) electrons. The summed E-state index contributed by atoms with van der Waals surface area (Å²) in [7, 11) is -11.4. The van der Waals surface area contributed by atoms with Crippen molar-refractivity contribution in [1.82, 2.24) is 4.72 Å². The van der Waals surface area contributed by atoms with Crippen molar-refractivity contribution >= 4 is 33.2 Å². The molecule has 4 rings (SSSR count). The van der Waals surface area contributed by atoms with Crippen molar-refractivity contribution in [2.24, 2.45) is 0 Å². The van der Waals surface area contributed by atoms with Gasteiger partial charge in [0.2, 0.25) is 0 Å². The van der Waals surface area contributed by atoms with Crippen LogP contribution < -0.4 is 39.3 Å². The average Bonchev–Trinajstić information content (AvgIpc) is 2.92. The van der Waals surface area contributed by atoms with Crippen LogP contribution in [0.15, 0.2) is 132 Å². The van der Waals surface area contributed by atoms with Crippen molar-refractivity contribution in [3.05, 3.63) is 132 Å². The van der Waals surface area contributed by atoms with E-state index in [4.69, 9.17) is 18.6 Å². The Morgan fingerprint density at radius 1 is 0.744 bits per heavy atom. The predicted molar refractivity (Wildman–Crippen MR) is 140 cm³/mol. The first-order chi connectivity index (χ1) is 18.5. The first-order valence-electron chi connectivity index (χ1n) is 11.4. The van der Waals surface area contributed by atoms with Crippen LogP contribution in [-0.2, 0) is 10.0 Å². The van der Waals surface area contributed by atoms with Crippen molar-refractivity contribution in [3.8, 4) is 6.07 Å². The zero-order valence-electron chi connectivity index (χ0n) is 20.7. The molecule has 4 aromatic carbocycles. The summed E-state index contributed by atoms with van der Waals surface area (Å²) in [6.07, 6.45) is 0. The maximum absolute atomic E-state index is 13.1. The zero-order chi connectivity index (χ0) is 28.5. The fraction of sp³-hybridized carbons (Fsp3) is 0.0357. The monoisotopic (exact) mass is 582 g/mol. The molecule has 0 fully saturated rings. The van der Waals surface area contributed by atoms with E-state index in [1.807, 2.05) is 104 Å². The van der Waals surface area contributed by atoms with E-state index in [0.717, 1.165) is 21.5 Å². The molecule has 39 heavy (non-hydrogen) atoms. The lowest BCUT2D eigenvalue weighted by Gasteiger charge is -2.24. The van der Waals surface area contributed by atoms with Gasteiger partial charge in [-0.2, -0.15) is 5.26 Å². The van der Waals surface area contributed by atoms with Crippen molar-refractivity contribution in [1.29, 1.82) is 5.26 Å². The van der Waals surface area contributed by atoms with E-state index in [-0.39, 0.29) is 10.6 Å². The Balaban J connectivity index is 0.000000771. The number of allylic oxidation sites excluding steroid dienone is 1. The van der Waals surface area contributed by atoms with Crippen LogP contribution in [0, 0.1) is 28.5 Å². The van der Waals surface area contributed by atoms with Crippen LogP contribution in [-0.4, -0.2) is 8.42 Å². The summed E-state index contributed by atoms with van der Waals surface area (Å²) in [5.41, 5.74) is 0.947. The number of sulfonamides is 1. The third kappa shape index (κ3) is 8.20. The number of hydrogen-bond acceptors (Lipinski definition) is 7. The van der Waals surface area contributed by atoms with Gasteiger partial charge in [-0.05, 0) is 55.5 Å². The maximum atomic E-state index is 13.1. The van der Waals surface area contributed by atoms with Gasteiger partial charge in [0.1, 0.15) is 35.1 Å². The van der Waals surface area contributed by atoms with Gasteiger partial charge in [-0.15, -0.1) is 10.2 Å². The Bertz CT molecular complexity index is 1440. The number of hydrogen-bond donors (Lipinski definition) is 1. The molecule has 4 aromatic rings. The van der Waals surface area contributed by atoms with Crippen LogP contribution in [0.1, 0.15) is 5.56 Å². The van der Waals surface area contributed by atoms with E-state index in [1.165, 1.54) is 0 Å². The molecule has 1 N–H and O–H groups in total. The van der Waals surface area contributed by atoms with Crippen LogP contribution in [0.3, 0.4) is 0 Å². The number of nitrogens with zero attached hydrogens (tertiary/aromatic N) is 1. The minimum atomic E-state index is -4.94. The molecule has 0 unspecified atom stereocenters. The number of nitrogens with one attached hydrogen (secondary N) is 1. The third-order valence-electron chi connectivity index (χ3n) is 5.51. The van der Waals surface area contributed by atoms with Gasteiger partial charge in [-0.25, -0.2) is 27.1 Å². The minimum absolute atomic E-state index is 0.00883. The van der Waals surface area contributed by atoms with Crippen molar-refractivity contribution in [3.63, 3.8) is 0 Å². The maximum Gasteiger partial charge on any atom is 0.262 e. The van der Waals surface area contributed by atoms with E-state index < -0.39 is 27.5 Å². The van der Waals surface area contributed by atoms with Gasteiger partial charge in [-0.3, -0.25) is 4.72 Å². The van der Waals surface area contributed by atoms with Crippen LogP contribution in [0.2, 0.25) is 0 Å². The lowest BCUT2D eigenvalue weighted by Crippen LogP contribution is -2.68. The smallest absolute Gasteiger partial charge is 0.262 e. The summed E-state index contributed by atoms with van der Waals surface area (Å²) in [5.74, 6) is 1.82. The van der Waals surface area contributed by atoms with E-state index in [1.54, 1.807) is 24.3 Å². The Morgan fingerprint density at radius 2 is 1.10 bits per heavy atom. The highest BCUT2D eigenvalue weighted by atomic mass is 35.7. The molecule has 0 aliphatic carbocycles. The fourth-order valence-electron chi connectivity index (χ4n) is 3.85. The molecule has 0 bridgehead atoms. The Labute approximate surface area is 230 Å². The fourth-order valence-corrected chi connectivity index (χ4v) is 8.73. The molecular weight excluding hydrogens is 559 g/mol. The summed E-state index contributed by atoms with van der Waals surface area (Å²) >= 11 is 0. The van der Waals surface area contributed by atoms with Crippen molar-refractivity contribution < 1.29 is 37.3 Å². The van der Waals surface area contributed by atoms with E-state index in [2.05, 4.69) is 10.8 Å². The lowest BCUT2D eigenvalue weighted by atomic mass is 10.2. The molecule has 0 atom stereocenters. The number of halogens is 1. The van der Waals surface area contributed by atoms with Gasteiger partial charge >= 0.3 is 0 Å². The molecular formula is C28H24ClN2O6PS. The molecule has 200 valence electrons. The molecule has 0 aliphatic heterocycles. The minimum Gasteiger partial charge on any atom is -0.267 e. The second kappa shape index (κ2) is 13.0. The first-order valence-corrected chi connectivity index (χ1v) is 15.9. The third-order valence-corrected chi connectivity index (χ3v) is 10.9. The number of aryl methyl sites for hydroxylation is 1. The molecule has 11 heteroatoms. The van der Waals surface area contributed by atoms with Crippen LogP contribution in [0.5, 0.6) is 0 Å². The molecule has 0 heterocycles. The van der Waals surface area contributed by atoms with Gasteiger partial charge in [0, 0.05) is 0 Å². The van der Waals surface area contributed by atoms with Crippen LogP contribution in [0.4, 0.5) is 0 Å². The highest BCUT2D eigenvalue weighted by Gasteiger charge is 2.44. The molecule has 0 saturated heterocycles. The zero-order valence-corrected chi connectivity index (χ0v) is 23.1. The van der Waals surface area contributed by atoms with Crippen LogP contribution >= 0.6 is 7.26 Å². The average molecular weight is 583 g/mol. The number of nitriles is 1. The van der Waals surface area contributed by atoms with Crippen molar-refractivity contribution in [2.45, 2.75) is 11.8 Å². The Kier molecular flexibility index (Phi) is 9.97. The van der Waals surface area contributed by atoms with E-state index in [0.29, 0.717) is 0 Å². The molecule has 0 aromatic heterocycles. The molecule has 0 aliphatic rings. The Morgan fingerprint density at radius 3 is 1.44 bits per heavy atom. The highest BCUT2D eigenvalue weighted by Crippen LogP contribution is 2.57. The molecule has 0 spiro atoms. The van der Waals surface area contributed by atoms with E-state index in [9.17, 15) is 13.7 Å². The quantitative estimate of drug-likeness (QED) is 0.234. The Hall–Kier alpha value is -3.58. The summed E-state index contributed by atoms with van der Waals surface area (Å²) in [5, 5.41) is 13.1. The predicted octanol–water partition coefficient (Wildman–Crippen LogP) is -0.124. The number of benzene rings is 4. The van der Waals surface area contributed by atoms with Gasteiger partial charge in [0.25, 0.3) is 10.0 Å². The van der Waals surface area contributed by atoms with Gasteiger partial charge in [-0.1, -0.05) is 72.3 Å². The largest absolute Gasteiger partial charge is 0.267 e. The van der Waals surface area contributed by atoms with Gasteiger partial charge in [0.05, 0.1) is 4.90 Å². The second-order valence-electron chi connectivity index (χ2n) is 8.18. The highest BCUT2D eigenvalue weighted by molar-refractivity contribution is 7.98.